The quantitative estimate of drug-likeness (QED) is 0.683. The summed E-state index contributed by atoms with van der Waals surface area (Å²) in [4.78, 5) is 12.2. The van der Waals surface area contributed by atoms with Crippen LogP contribution in [0.3, 0.4) is 0 Å². The van der Waals surface area contributed by atoms with Gasteiger partial charge in [-0.2, -0.15) is 0 Å². The lowest BCUT2D eigenvalue weighted by Crippen LogP contribution is -2.45. The molecule has 0 spiro atoms. The number of carbonyl (C=O) groups excluding carboxylic acids is 1. The van der Waals surface area contributed by atoms with E-state index < -0.39 is 5.60 Å². The molecule has 2 nitrogen and oxygen atoms in total. The van der Waals surface area contributed by atoms with Gasteiger partial charge in [-0.15, -0.1) is 0 Å². The molecule has 92 valence electrons. The van der Waals surface area contributed by atoms with Crippen molar-refractivity contribution in [2.75, 3.05) is 7.11 Å². The Bertz CT molecular complexity index is 279. The number of hydrogen-bond donors (Lipinski definition) is 0. The molecule has 0 radical (unpaired) electrons. The molecule has 0 unspecified atom stereocenters. The van der Waals surface area contributed by atoms with E-state index in [0.29, 0.717) is 11.8 Å². The Hall–Kier alpha value is -0.630. The van der Waals surface area contributed by atoms with E-state index in [4.69, 9.17) is 4.74 Å². The zero-order valence-corrected chi connectivity index (χ0v) is 11.1. The number of ether oxygens (including phenoxy) is 1. The molecule has 0 aromatic carbocycles. The molecule has 1 aliphatic carbocycles. The van der Waals surface area contributed by atoms with Crippen LogP contribution in [0.15, 0.2) is 12.2 Å². The topological polar surface area (TPSA) is 26.3 Å². The highest BCUT2D eigenvalue weighted by atomic mass is 16.5. The lowest BCUT2D eigenvalue weighted by molar-refractivity contribution is -0.147. The van der Waals surface area contributed by atoms with Crippen molar-refractivity contribution in [3.63, 3.8) is 0 Å². The average Bonchev–Trinajstić information content (AvgIpc) is 2.17. The lowest BCUT2D eigenvalue weighted by atomic mass is 9.69. The van der Waals surface area contributed by atoms with Gasteiger partial charge in [0.05, 0.1) is 0 Å². The van der Waals surface area contributed by atoms with E-state index in [9.17, 15) is 4.79 Å². The molecule has 16 heavy (non-hydrogen) atoms. The molecule has 2 heteroatoms. The summed E-state index contributed by atoms with van der Waals surface area (Å²) in [6.07, 6.45) is 4.27. The molecule has 1 aliphatic rings. The Morgan fingerprint density at radius 1 is 1.25 bits per heavy atom. The number of rotatable bonds is 4. The molecule has 0 aromatic rings. The second-order valence-electron chi connectivity index (χ2n) is 5.92. The number of methoxy groups -OCH3 is 1. The molecule has 0 saturated heterocycles. The van der Waals surface area contributed by atoms with E-state index in [0.717, 1.165) is 31.3 Å². The highest BCUT2D eigenvalue weighted by Gasteiger charge is 2.43. The minimum Gasteiger partial charge on any atom is -0.370 e. The van der Waals surface area contributed by atoms with Crippen LogP contribution < -0.4 is 0 Å². The number of hydrogen-bond acceptors (Lipinski definition) is 2. The number of Topliss-reactive ketones (excluding diaryl/α,β-unsaturated/α-hetero) is 1. The molecule has 0 heterocycles. The predicted molar refractivity (Wildman–Crippen MR) is 66.4 cm³/mol. The van der Waals surface area contributed by atoms with Crippen molar-refractivity contribution in [1.82, 2.24) is 0 Å². The number of carbonyl (C=O) groups is 1. The van der Waals surface area contributed by atoms with Gasteiger partial charge < -0.3 is 4.74 Å². The third kappa shape index (κ3) is 2.94. The van der Waals surface area contributed by atoms with Gasteiger partial charge in [-0.1, -0.05) is 26.0 Å². The Balaban J connectivity index is 2.73. The van der Waals surface area contributed by atoms with Gasteiger partial charge in [0.15, 0.2) is 5.78 Å². The summed E-state index contributed by atoms with van der Waals surface area (Å²) < 4.78 is 5.54. The summed E-state index contributed by atoms with van der Waals surface area (Å²) >= 11 is 0. The van der Waals surface area contributed by atoms with Crippen LogP contribution in [0, 0.1) is 5.41 Å². The molecule has 0 aliphatic heterocycles. The first-order chi connectivity index (χ1) is 7.31. The third-order valence-electron chi connectivity index (χ3n) is 3.77. The zero-order valence-electron chi connectivity index (χ0n) is 11.1. The maximum atomic E-state index is 12.2. The van der Waals surface area contributed by atoms with Gasteiger partial charge >= 0.3 is 0 Å². The van der Waals surface area contributed by atoms with Crippen molar-refractivity contribution in [2.45, 2.75) is 58.5 Å². The van der Waals surface area contributed by atoms with Crippen LogP contribution in [0.25, 0.3) is 0 Å². The molecule has 0 bridgehead atoms. The molecular weight excluding hydrogens is 200 g/mol. The summed E-state index contributed by atoms with van der Waals surface area (Å²) in [5.74, 6) is 0.206. The van der Waals surface area contributed by atoms with Crippen molar-refractivity contribution >= 4 is 5.78 Å². The van der Waals surface area contributed by atoms with Crippen LogP contribution in [0.5, 0.6) is 0 Å². The Labute approximate surface area is 99.1 Å². The Morgan fingerprint density at radius 2 is 1.75 bits per heavy atom. The second kappa shape index (κ2) is 4.70. The van der Waals surface area contributed by atoms with Crippen LogP contribution in [0.2, 0.25) is 0 Å². The average molecular weight is 224 g/mol. The standard InChI is InChI=1S/C14H24O2/c1-11(2)10-12(15)14(16-5)8-6-13(3,4)7-9-14/h1,6-10H2,2-5H3. The molecule has 0 atom stereocenters. The van der Waals surface area contributed by atoms with Gasteiger partial charge in [0.1, 0.15) is 5.60 Å². The monoisotopic (exact) mass is 224 g/mol. The summed E-state index contributed by atoms with van der Waals surface area (Å²) in [5, 5.41) is 0. The predicted octanol–water partition coefficient (Wildman–Crippen LogP) is 3.51. The first-order valence-corrected chi connectivity index (χ1v) is 6.04. The van der Waals surface area contributed by atoms with Crippen molar-refractivity contribution in [2.24, 2.45) is 5.41 Å². The maximum Gasteiger partial charge on any atom is 0.168 e. The van der Waals surface area contributed by atoms with Crippen LogP contribution in [-0.2, 0) is 9.53 Å². The minimum atomic E-state index is -0.533. The van der Waals surface area contributed by atoms with Gasteiger partial charge in [0, 0.05) is 13.5 Å². The Morgan fingerprint density at radius 3 is 2.12 bits per heavy atom. The zero-order chi connectivity index (χ0) is 12.4. The summed E-state index contributed by atoms with van der Waals surface area (Å²) in [7, 11) is 1.66. The lowest BCUT2D eigenvalue weighted by Gasteiger charge is -2.41. The first-order valence-electron chi connectivity index (χ1n) is 6.04. The third-order valence-corrected chi connectivity index (χ3v) is 3.77. The van der Waals surface area contributed by atoms with Gasteiger partial charge in [-0.05, 0) is 38.0 Å². The highest BCUT2D eigenvalue weighted by molar-refractivity contribution is 5.89. The van der Waals surface area contributed by atoms with Gasteiger partial charge in [0.25, 0.3) is 0 Å². The second-order valence-corrected chi connectivity index (χ2v) is 5.92. The van der Waals surface area contributed by atoms with E-state index in [1.807, 2.05) is 6.92 Å². The van der Waals surface area contributed by atoms with Crippen LogP contribution in [-0.4, -0.2) is 18.5 Å². The van der Waals surface area contributed by atoms with Gasteiger partial charge in [0.2, 0.25) is 0 Å². The molecule has 0 amide bonds. The van der Waals surface area contributed by atoms with E-state index in [1.54, 1.807) is 7.11 Å². The largest absolute Gasteiger partial charge is 0.370 e. The molecule has 1 saturated carbocycles. The fourth-order valence-electron chi connectivity index (χ4n) is 2.36. The van der Waals surface area contributed by atoms with E-state index >= 15 is 0 Å². The number of allylic oxidation sites excluding steroid dienone is 1. The summed E-state index contributed by atoms with van der Waals surface area (Å²) in [6, 6.07) is 0. The molecule has 1 rings (SSSR count). The van der Waals surface area contributed by atoms with Crippen molar-refractivity contribution in [1.29, 1.82) is 0 Å². The van der Waals surface area contributed by atoms with E-state index in [2.05, 4.69) is 20.4 Å². The fraction of sp³-hybridized carbons (Fsp3) is 0.786. The maximum absolute atomic E-state index is 12.2. The molecule has 1 fully saturated rings. The van der Waals surface area contributed by atoms with Crippen LogP contribution >= 0.6 is 0 Å². The van der Waals surface area contributed by atoms with Crippen molar-refractivity contribution < 1.29 is 9.53 Å². The van der Waals surface area contributed by atoms with E-state index in [1.165, 1.54) is 0 Å². The summed E-state index contributed by atoms with van der Waals surface area (Å²) in [5.41, 5.74) is 0.742. The van der Waals surface area contributed by atoms with E-state index in [-0.39, 0.29) is 5.78 Å². The highest BCUT2D eigenvalue weighted by Crippen LogP contribution is 2.42. The fourth-order valence-corrected chi connectivity index (χ4v) is 2.36. The van der Waals surface area contributed by atoms with Crippen molar-refractivity contribution in [3.05, 3.63) is 12.2 Å². The van der Waals surface area contributed by atoms with Gasteiger partial charge in [-0.25, -0.2) is 0 Å². The first kappa shape index (κ1) is 13.4. The number of ketones is 1. The minimum absolute atomic E-state index is 0.206. The van der Waals surface area contributed by atoms with Crippen LogP contribution in [0.4, 0.5) is 0 Å². The smallest absolute Gasteiger partial charge is 0.168 e. The summed E-state index contributed by atoms with van der Waals surface area (Å²) in [6.45, 7) is 10.2. The Kier molecular flexibility index (Phi) is 3.95. The molecule has 0 aromatic heterocycles. The van der Waals surface area contributed by atoms with Crippen LogP contribution in [0.1, 0.15) is 52.9 Å². The molecular formula is C14H24O2. The normalized spacial score (nSPS) is 22.8. The van der Waals surface area contributed by atoms with Gasteiger partial charge in [-0.3, -0.25) is 4.79 Å². The van der Waals surface area contributed by atoms with Crippen molar-refractivity contribution in [3.8, 4) is 0 Å². The molecule has 0 N–H and O–H groups in total. The SMILES string of the molecule is C=C(C)CC(=O)C1(OC)CCC(C)(C)CC1.